The van der Waals surface area contributed by atoms with Crippen molar-refractivity contribution in [3.8, 4) is 28.1 Å². The number of aromatic nitrogens is 3. The largest absolute Gasteiger partial charge is 0.496 e. The third-order valence-electron chi connectivity index (χ3n) is 6.65. The summed E-state index contributed by atoms with van der Waals surface area (Å²) in [4.78, 5) is 24.1. The molecular weight excluding hydrogens is 436 g/mol. The van der Waals surface area contributed by atoms with Gasteiger partial charge in [-0.2, -0.15) is 5.10 Å². The first kappa shape index (κ1) is 22.2. The average Bonchev–Trinajstić information content (AvgIpc) is 3.33. The van der Waals surface area contributed by atoms with Gasteiger partial charge >= 0.3 is 5.97 Å². The summed E-state index contributed by atoms with van der Waals surface area (Å²) in [6.45, 7) is 6.13. The van der Waals surface area contributed by atoms with E-state index in [2.05, 4.69) is 17.4 Å². The quantitative estimate of drug-likeness (QED) is 0.619. The van der Waals surface area contributed by atoms with Crippen LogP contribution in [0.4, 0.5) is 0 Å². The molecule has 2 aliphatic rings. The lowest BCUT2D eigenvalue weighted by Crippen LogP contribution is -2.44. The highest BCUT2D eigenvalue weighted by Crippen LogP contribution is 2.40. The van der Waals surface area contributed by atoms with Gasteiger partial charge in [0.15, 0.2) is 5.43 Å². The molecular formula is C25H28N4O5. The smallest absolute Gasteiger partial charge is 0.341 e. The van der Waals surface area contributed by atoms with Gasteiger partial charge < -0.3 is 19.6 Å². The zero-order chi connectivity index (χ0) is 24.0. The van der Waals surface area contributed by atoms with E-state index in [1.807, 2.05) is 35.8 Å². The molecule has 0 spiro atoms. The van der Waals surface area contributed by atoms with Crippen LogP contribution in [0.25, 0.3) is 22.4 Å². The number of benzene rings is 1. The van der Waals surface area contributed by atoms with Crippen LogP contribution in [0, 0.1) is 0 Å². The van der Waals surface area contributed by atoms with Gasteiger partial charge in [0.25, 0.3) is 0 Å². The summed E-state index contributed by atoms with van der Waals surface area (Å²) in [6, 6.07) is 5.83. The Labute approximate surface area is 197 Å². The van der Waals surface area contributed by atoms with E-state index in [9.17, 15) is 14.7 Å². The molecule has 0 saturated carbocycles. The van der Waals surface area contributed by atoms with Gasteiger partial charge in [0, 0.05) is 54.4 Å². The maximum atomic E-state index is 12.6. The fraction of sp³-hybridized carbons (Fsp3) is 0.400. The minimum atomic E-state index is -1.23. The topological polar surface area (TPSA) is 98.8 Å². The molecule has 34 heavy (non-hydrogen) atoms. The second-order valence-electron chi connectivity index (χ2n) is 9.04. The van der Waals surface area contributed by atoms with E-state index in [0.717, 1.165) is 48.3 Å². The molecule has 3 aromatic rings. The van der Waals surface area contributed by atoms with Gasteiger partial charge in [-0.1, -0.05) is 0 Å². The molecule has 1 fully saturated rings. The van der Waals surface area contributed by atoms with Crippen molar-refractivity contribution in [2.45, 2.75) is 45.3 Å². The first-order valence-electron chi connectivity index (χ1n) is 11.5. The molecule has 1 aromatic carbocycles. The number of carboxylic acid groups (broad SMARTS) is 1. The van der Waals surface area contributed by atoms with Crippen molar-refractivity contribution in [2.24, 2.45) is 0 Å². The number of carbonyl (C=O) groups is 1. The van der Waals surface area contributed by atoms with E-state index in [1.54, 1.807) is 11.8 Å². The van der Waals surface area contributed by atoms with E-state index in [4.69, 9.17) is 9.47 Å². The molecule has 1 N–H and O–H groups in total. The Hall–Kier alpha value is -3.59. The van der Waals surface area contributed by atoms with Gasteiger partial charge in [0.1, 0.15) is 11.3 Å². The van der Waals surface area contributed by atoms with Crippen LogP contribution in [0.15, 0.2) is 41.6 Å². The van der Waals surface area contributed by atoms with Crippen LogP contribution in [0.1, 0.15) is 48.7 Å². The molecule has 0 amide bonds. The SMILES string of the molecule is COc1cc2c(cc1-c1cnn(C3CCOCC3)c1)CN(C(C)C)n1cc(C(=O)O)c(=O)cc1-2. The summed E-state index contributed by atoms with van der Waals surface area (Å²) in [5.74, 6) is -0.561. The van der Waals surface area contributed by atoms with Crippen molar-refractivity contribution in [2.75, 3.05) is 25.3 Å². The fourth-order valence-corrected chi connectivity index (χ4v) is 4.79. The Kier molecular flexibility index (Phi) is 5.65. The van der Waals surface area contributed by atoms with Gasteiger partial charge in [0.2, 0.25) is 0 Å². The number of ether oxygens (including phenoxy) is 2. The first-order valence-corrected chi connectivity index (χ1v) is 11.5. The molecule has 9 nitrogen and oxygen atoms in total. The Bertz CT molecular complexity index is 1300. The van der Waals surface area contributed by atoms with Gasteiger partial charge in [-0.15, -0.1) is 0 Å². The van der Waals surface area contributed by atoms with E-state index in [-0.39, 0.29) is 11.6 Å². The molecule has 178 valence electrons. The van der Waals surface area contributed by atoms with Crippen LogP contribution < -0.4 is 15.2 Å². The number of hydrogen-bond donors (Lipinski definition) is 1. The second-order valence-corrected chi connectivity index (χ2v) is 9.04. The van der Waals surface area contributed by atoms with Crippen LogP contribution in [-0.4, -0.2) is 51.9 Å². The molecule has 0 radical (unpaired) electrons. The fourth-order valence-electron chi connectivity index (χ4n) is 4.79. The maximum Gasteiger partial charge on any atom is 0.341 e. The van der Waals surface area contributed by atoms with Crippen molar-refractivity contribution in [1.82, 2.24) is 14.5 Å². The van der Waals surface area contributed by atoms with E-state index in [1.165, 1.54) is 12.3 Å². The number of aromatic carboxylic acids is 1. The molecule has 5 rings (SSSR count). The number of carboxylic acids is 1. The summed E-state index contributed by atoms with van der Waals surface area (Å²) in [6.07, 6.45) is 7.22. The third-order valence-corrected chi connectivity index (χ3v) is 6.65. The van der Waals surface area contributed by atoms with Crippen molar-refractivity contribution < 1.29 is 19.4 Å². The van der Waals surface area contributed by atoms with Crippen molar-refractivity contribution in [3.05, 3.63) is 58.1 Å². The Balaban J connectivity index is 1.62. The number of nitrogens with zero attached hydrogens (tertiary/aromatic N) is 4. The normalized spacial score (nSPS) is 15.8. The zero-order valence-corrected chi connectivity index (χ0v) is 19.5. The van der Waals surface area contributed by atoms with Crippen LogP contribution >= 0.6 is 0 Å². The number of rotatable bonds is 5. The number of methoxy groups -OCH3 is 1. The molecule has 0 unspecified atom stereocenters. The van der Waals surface area contributed by atoms with E-state index in [0.29, 0.717) is 24.0 Å². The number of fused-ring (bicyclic) bond motifs is 3. The monoisotopic (exact) mass is 464 g/mol. The van der Waals surface area contributed by atoms with Gasteiger partial charge in [-0.25, -0.2) is 4.79 Å². The highest BCUT2D eigenvalue weighted by Gasteiger charge is 2.27. The van der Waals surface area contributed by atoms with Crippen LogP contribution in [0.2, 0.25) is 0 Å². The maximum absolute atomic E-state index is 12.6. The van der Waals surface area contributed by atoms with Crippen molar-refractivity contribution in [1.29, 1.82) is 0 Å². The summed E-state index contributed by atoms with van der Waals surface area (Å²) in [5, 5.41) is 16.1. The molecule has 4 heterocycles. The van der Waals surface area contributed by atoms with Crippen molar-refractivity contribution >= 4 is 5.97 Å². The number of hydrogen-bond acceptors (Lipinski definition) is 6. The second kappa shape index (κ2) is 8.64. The number of pyridine rings is 1. The highest BCUT2D eigenvalue weighted by molar-refractivity contribution is 5.88. The minimum Gasteiger partial charge on any atom is -0.496 e. The predicted molar refractivity (Wildman–Crippen MR) is 127 cm³/mol. The molecule has 0 atom stereocenters. The summed E-state index contributed by atoms with van der Waals surface area (Å²) < 4.78 is 15.0. The molecule has 2 aromatic heterocycles. The molecule has 2 aliphatic heterocycles. The third kappa shape index (κ3) is 3.75. The van der Waals surface area contributed by atoms with Crippen LogP contribution in [0.5, 0.6) is 5.75 Å². The van der Waals surface area contributed by atoms with Crippen LogP contribution in [0.3, 0.4) is 0 Å². The van der Waals surface area contributed by atoms with Gasteiger partial charge in [0.05, 0.1) is 31.6 Å². The Morgan fingerprint density at radius 2 is 1.94 bits per heavy atom. The molecule has 9 heteroatoms. The first-order chi connectivity index (χ1) is 16.4. The summed E-state index contributed by atoms with van der Waals surface area (Å²) >= 11 is 0. The molecule has 0 aliphatic carbocycles. The summed E-state index contributed by atoms with van der Waals surface area (Å²) in [5.41, 5.74) is 3.66. The summed E-state index contributed by atoms with van der Waals surface area (Å²) in [7, 11) is 1.62. The lowest BCUT2D eigenvalue weighted by atomic mass is 9.95. The van der Waals surface area contributed by atoms with E-state index >= 15 is 0 Å². The molecule has 1 saturated heterocycles. The lowest BCUT2D eigenvalue weighted by molar-refractivity contribution is 0.0662. The predicted octanol–water partition coefficient (Wildman–Crippen LogP) is 3.30. The van der Waals surface area contributed by atoms with E-state index < -0.39 is 11.4 Å². The van der Waals surface area contributed by atoms with Crippen LogP contribution in [-0.2, 0) is 11.3 Å². The van der Waals surface area contributed by atoms with Crippen molar-refractivity contribution in [3.63, 3.8) is 0 Å². The van der Waals surface area contributed by atoms with Gasteiger partial charge in [-0.05, 0) is 44.4 Å². The Morgan fingerprint density at radius 1 is 1.18 bits per heavy atom. The minimum absolute atomic E-state index is 0.0814. The Morgan fingerprint density at radius 3 is 2.62 bits per heavy atom. The highest BCUT2D eigenvalue weighted by atomic mass is 16.5. The standard InChI is InChI=1S/C25H28N4O5/c1-15(2)28-13-16-8-20(17-11-26-27(12-17)18-4-6-34-7-5-18)24(33-3)9-19(16)22-10-23(30)21(25(31)32)14-29(22)28/h8-12,14-15,18H,4-7,13H2,1-3H3,(H,31,32). The lowest BCUT2D eigenvalue weighted by Gasteiger charge is -2.38. The average molecular weight is 465 g/mol. The zero-order valence-electron chi connectivity index (χ0n) is 19.5. The van der Waals surface area contributed by atoms with Gasteiger partial charge in [-0.3, -0.25) is 14.2 Å². The molecule has 0 bridgehead atoms.